The van der Waals surface area contributed by atoms with Crippen LogP contribution in [0.4, 0.5) is 0 Å². The van der Waals surface area contributed by atoms with Gasteiger partial charge in [-0.3, -0.25) is 14.5 Å². The lowest BCUT2D eigenvalue weighted by Gasteiger charge is -2.32. The van der Waals surface area contributed by atoms with Crippen LogP contribution in [0.15, 0.2) is 0 Å². The van der Waals surface area contributed by atoms with Crippen molar-refractivity contribution in [2.24, 2.45) is 17.4 Å². The molecule has 7 nitrogen and oxygen atoms in total. The van der Waals surface area contributed by atoms with Crippen LogP contribution in [0.5, 0.6) is 0 Å². The average molecular weight is 270 g/mol. The Morgan fingerprint density at radius 3 is 2.53 bits per heavy atom. The monoisotopic (exact) mass is 270 g/mol. The molecule has 2 saturated heterocycles. The molecule has 0 aromatic heterocycles. The van der Waals surface area contributed by atoms with E-state index in [0.717, 1.165) is 32.8 Å². The molecule has 2 heterocycles. The predicted molar refractivity (Wildman–Crippen MR) is 69.1 cm³/mol. The summed E-state index contributed by atoms with van der Waals surface area (Å²) >= 11 is 0. The lowest BCUT2D eigenvalue weighted by molar-refractivity contribution is -0.125. The van der Waals surface area contributed by atoms with E-state index in [-0.39, 0.29) is 11.8 Å². The lowest BCUT2D eigenvalue weighted by atomic mass is 9.88. The molecule has 2 atom stereocenters. The molecular weight excluding hydrogens is 248 g/mol. The van der Waals surface area contributed by atoms with Crippen molar-refractivity contribution in [2.75, 3.05) is 39.4 Å². The maximum atomic E-state index is 11.7. The Bertz CT molecular complexity index is 357. The van der Waals surface area contributed by atoms with Crippen LogP contribution in [0.25, 0.3) is 0 Å². The number of carbonyl (C=O) groups excluding carboxylic acids is 2. The number of nitrogens with zero attached hydrogens (tertiary/aromatic N) is 1. The van der Waals surface area contributed by atoms with Gasteiger partial charge in [0.25, 0.3) is 0 Å². The minimum absolute atomic E-state index is 0.308. The van der Waals surface area contributed by atoms with Crippen LogP contribution in [0.2, 0.25) is 0 Å². The van der Waals surface area contributed by atoms with Crippen molar-refractivity contribution in [1.29, 1.82) is 0 Å². The van der Waals surface area contributed by atoms with Crippen molar-refractivity contribution in [1.82, 2.24) is 10.2 Å². The number of ether oxygens (including phenoxy) is 1. The predicted octanol–water partition coefficient (Wildman–Crippen LogP) is -1.97. The highest BCUT2D eigenvalue weighted by Crippen LogP contribution is 2.27. The van der Waals surface area contributed by atoms with E-state index < -0.39 is 11.4 Å². The molecule has 2 unspecified atom stereocenters. The Kier molecular flexibility index (Phi) is 4.38. The van der Waals surface area contributed by atoms with E-state index in [1.165, 1.54) is 0 Å². The van der Waals surface area contributed by atoms with Crippen LogP contribution < -0.4 is 16.8 Å². The number of carbonyl (C=O) groups is 2. The standard InChI is InChI=1S/C12H22N4O3/c13-10(17)9-7-12(11(14)18,15-8-9)1-2-16-3-5-19-6-4-16/h9,15H,1-8H2,(H2,13,17)(H2,14,18). The molecule has 19 heavy (non-hydrogen) atoms. The third-order valence-electron chi connectivity index (χ3n) is 4.11. The maximum Gasteiger partial charge on any atom is 0.237 e. The molecule has 0 aliphatic carbocycles. The van der Waals surface area contributed by atoms with Crippen molar-refractivity contribution < 1.29 is 14.3 Å². The van der Waals surface area contributed by atoms with Crippen molar-refractivity contribution >= 4 is 11.8 Å². The molecule has 108 valence electrons. The van der Waals surface area contributed by atoms with E-state index in [2.05, 4.69) is 10.2 Å². The van der Waals surface area contributed by atoms with Crippen molar-refractivity contribution in [2.45, 2.75) is 18.4 Å². The Morgan fingerprint density at radius 2 is 2.00 bits per heavy atom. The fourth-order valence-electron chi connectivity index (χ4n) is 2.76. The van der Waals surface area contributed by atoms with Gasteiger partial charge in [-0.25, -0.2) is 0 Å². The highest BCUT2D eigenvalue weighted by atomic mass is 16.5. The smallest absolute Gasteiger partial charge is 0.237 e. The second kappa shape index (κ2) is 5.85. The van der Waals surface area contributed by atoms with Gasteiger partial charge in [-0.1, -0.05) is 0 Å². The first kappa shape index (κ1) is 14.2. The fraction of sp³-hybridized carbons (Fsp3) is 0.833. The summed E-state index contributed by atoms with van der Waals surface area (Å²) in [5.74, 6) is -1.08. The molecular formula is C12H22N4O3. The second-order valence-electron chi connectivity index (χ2n) is 5.33. The molecule has 2 rings (SSSR count). The summed E-state index contributed by atoms with van der Waals surface area (Å²) in [7, 11) is 0. The summed E-state index contributed by atoms with van der Waals surface area (Å²) in [4.78, 5) is 25.2. The van der Waals surface area contributed by atoms with Crippen LogP contribution >= 0.6 is 0 Å². The quantitative estimate of drug-likeness (QED) is 0.536. The van der Waals surface area contributed by atoms with Crippen LogP contribution in [0.3, 0.4) is 0 Å². The Labute approximate surface area is 112 Å². The number of rotatable bonds is 5. The summed E-state index contributed by atoms with van der Waals surface area (Å²) in [5, 5.41) is 3.11. The van der Waals surface area contributed by atoms with E-state index in [4.69, 9.17) is 16.2 Å². The first-order chi connectivity index (χ1) is 9.03. The summed E-state index contributed by atoms with van der Waals surface area (Å²) in [6.07, 6.45) is 1.01. The largest absolute Gasteiger partial charge is 0.379 e. The highest BCUT2D eigenvalue weighted by Gasteiger charge is 2.45. The van der Waals surface area contributed by atoms with Gasteiger partial charge in [0.05, 0.1) is 24.7 Å². The SMILES string of the molecule is NC(=O)C1CNC(CCN2CCOCC2)(C(N)=O)C1. The molecule has 2 fully saturated rings. The third kappa shape index (κ3) is 3.23. The molecule has 0 aromatic rings. The van der Waals surface area contributed by atoms with Gasteiger partial charge < -0.3 is 21.5 Å². The third-order valence-corrected chi connectivity index (χ3v) is 4.11. The zero-order valence-corrected chi connectivity index (χ0v) is 11.1. The van der Waals surface area contributed by atoms with E-state index in [1.807, 2.05) is 0 Å². The van der Waals surface area contributed by atoms with Gasteiger partial charge in [0.1, 0.15) is 0 Å². The van der Waals surface area contributed by atoms with Crippen LogP contribution in [-0.2, 0) is 14.3 Å². The molecule has 5 N–H and O–H groups in total. The highest BCUT2D eigenvalue weighted by molar-refractivity contribution is 5.87. The zero-order chi connectivity index (χ0) is 13.9. The van der Waals surface area contributed by atoms with Gasteiger partial charge in [0.15, 0.2) is 0 Å². The van der Waals surface area contributed by atoms with E-state index >= 15 is 0 Å². The first-order valence-electron chi connectivity index (χ1n) is 6.68. The van der Waals surface area contributed by atoms with E-state index in [9.17, 15) is 9.59 Å². The second-order valence-corrected chi connectivity index (χ2v) is 5.33. The number of morpholine rings is 1. The molecule has 7 heteroatoms. The van der Waals surface area contributed by atoms with Gasteiger partial charge in [-0.05, 0) is 12.8 Å². The van der Waals surface area contributed by atoms with Crippen molar-refractivity contribution in [3.8, 4) is 0 Å². The Morgan fingerprint density at radius 1 is 1.32 bits per heavy atom. The number of hydrogen-bond donors (Lipinski definition) is 3. The molecule has 2 aliphatic rings. The minimum atomic E-state index is -0.794. The molecule has 0 aromatic carbocycles. The van der Waals surface area contributed by atoms with Crippen LogP contribution in [0.1, 0.15) is 12.8 Å². The number of amides is 2. The van der Waals surface area contributed by atoms with Gasteiger partial charge in [-0.15, -0.1) is 0 Å². The normalized spacial score (nSPS) is 32.3. The average Bonchev–Trinajstić information content (AvgIpc) is 2.84. The van der Waals surface area contributed by atoms with Gasteiger partial charge >= 0.3 is 0 Å². The fourth-order valence-corrected chi connectivity index (χ4v) is 2.76. The molecule has 0 spiro atoms. The summed E-state index contributed by atoms with van der Waals surface area (Å²) in [6, 6.07) is 0. The molecule has 2 amide bonds. The number of nitrogens with two attached hydrogens (primary N) is 2. The Balaban J connectivity index is 1.93. The summed E-state index contributed by atoms with van der Waals surface area (Å²) < 4.78 is 5.28. The molecule has 2 aliphatic heterocycles. The summed E-state index contributed by atoms with van der Waals surface area (Å²) in [6.45, 7) is 4.39. The van der Waals surface area contributed by atoms with E-state index in [1.54, 1.807) is 0 Å². The van der Waals surface area contributed by atoms with Crippen LogP contribution in [-0.4, -0.2) is 61.6 Å². The zero-order valence-electron chi connectivity index (χ0n) is 11.1. The first-order valence-corrected chi connectivity index (χ1v) is 6.68. The van der Waals surface area contributed by atoms with Gasteiger partial charge in [-0.2, -0.15) is 0 Å². The summed E-state index contributed by atoms with van der Waals surface area (Å²) in [5.41, 5.74) is 10.0. The Hall–Kier alpha value is -1.18. The number of primary amides is 2. The number of nitrogens with one attached hydrogen (secondary N) is 1. The molecule has 0 radical (unpaired) electrons. The van der Waals surface area contributed by atoms with Crippen molar-refractivity contribution in [3.63, 3.8) is 0 Å². The lowest BCUT2D eigenvalue weighted by Crippen LogP contribution is -2.53. The van der Waals surface area contributed by atoms with Gasteiger partial charge in [0.2, 0.25) is 11.8 Å². The van der Waals surface area contributed by atoms with Crippen molar-refractivity contribution in [3.05, 3.63) is 0 Å². The number of hydrogen-bond acceptors (Lipinski definition) is 5. The minimum Gasteiger partial charge on any atom is -0.379 e. The van der Waals surface area contributed by atoms with Crippen LogP contribution in [0, 0.1) is 5.92 Å². The van der Waals surface area contributed by atoms with Gasteiger partial charge in [0, 0.05) is 26.2 Å². The maximum absolute atomic E-state index is 11.7. The molecule has 0 saturated carbocycles. The topological polar surface area (TPSA) is 111 Å². The van der Waals surface area contributed by atoms with E-state index in [0.29, 0.717) is 19.4 Å². The molecule has 0 bridgehead atoms.